The first-order valence-electron chi connectivity index (χ1n) is 8.86. The Morgan fingerprint density at radius 1 is 1.18 bits per heavy atom. The molecule has 4 rings (SSSR count). The normalized spacial score (nSPS) is 17.2. The Kier molecular flexibility index (Phi) is 5.33. The van der Waals surface area contributed by atoms with E-state index in [1.807, 2.05) is 36.4 Å². The lowest BCUT2D eigenvalue weighted by molar-refractivity contribution is 0.432. The van der Waals surface area contributed by atoms with Crippen LogP contribution in [0.25, 0.3) is 11.3 Å². The zero-order chi connectivity index (χ0) is 19.7. The average Bonchev–Trinajstić information content (AvgIpc) is 3.01. The minimum Gasteiger partial charge on any atom is -0.507 e. The Labute approximate surface area is 171 Å². The number of thioether (sulfide) groups is 1. The van der Waals surface area contributed by atoms with Gasteiger partial charge in [-0.1, -0.05) is 11.6 Å². The molecule has 28 heavy (non-hydrogen) atoms. The molecule has 7 heteroatoms. The van der Waals surface area contributed by atoms with Crippen molar-refractivity contribution in [2.24, 2.45) is 4.99 Å². The van der Waals surface area contributed by atoms with E-state index in [4.69, 9.17) is 20.4 Å². The Morgan fingerprint density at radius 2 is 1.96 bits per heavy atom. The molecule has 1 aromatic carbocycles. The van der Waals surface area contributed by atoms with Crippen LogP contribution in [0, 0.1) is 6.92 Å². The van der Waals surface area contributed by atoms with Crippen molar-refractivity contribution in [2.45, 2.75) is 18.6 Å². The monoisotopic (exact) mass is 415 g/mol. The number of aryl methyl sites for hydroxylation is 1. The fourth-order valence-electron chi connectivity index (χ4n) is 3.20. The predicted molar refractivity (Wildman–Crippen MR) is 112 cm³/mol. The van der Waals surface area contributed by atoms with Gasteiger partial charge < -0.3 is 13.9 Å². The zero-order valence-electron chi connectivity index (χ0n) is 15.1. The number of hydrogen-bond donors (Lipinski definition) is 1. The molecule has 1 aliphatic heterocycles. The van der Waals surface area contributed by atoms with Crippen molar-refractivity contribution >= 4 is 29.1 Å². The van der Waals surface area contributed by atoms with Crippen LogP contribution in [-0.4, -0.2) is 23.1 Å². The third-order valence-corrected chi connectivity index (χ3v) is 5.98. The summed E-state index contributed by atoms with van der Waals surface area (Å²) in [5.74, 6) is 2.63. The lowest BCUT2D eigenvalue weighted by Crippen LogP contribution is -2.17. The number of rotatable bonds is 3. The topological polar surface area (TPSA) is 75.9 Å². The van der Waals surface area contributed by atoms with Crippen molar-refractivity contribution in [2.75, 3.05) is 12.3 Å². The Hall–Kier alpha value is -2.44. The molecule has 0 fully saturated rings. The lowest BCUT2D eigenvalue weighted by atomic mass is 10.0. The Balaban J connectivity index is 1.63. The van der Waals surface area contributed by atoms with Gasteiger partial charge in [0.05, 0.1) is 11.0 Å². The van der Waals surface area contributed by atoms with E-state index in [0.29, 0.717) is 29.5 Å². The SMILES string of the molecule is Cc1cc(O)c(C2=NCCSC(c3ccc(-c4ccc(Cl)cc4)o3)C2)c(=O)o1. The largest absolute Gasteiger partial charge is 0.507 e. The Bertz CT molecular complexity index is 1080. The molecule has 0 saturated heterocycles. The molecule has 1 unspecified atom stereocenters. The van der Waals surface area contributed by atoms with Crippen molar-refractivity contribution in [3.63, 3.8) is 0 Å². The summed E-state index contributed by atoms with van der Waals surface area (Å²) >= 11 is 7.67. The molecule has 3 aromatic rings. The number of nitrogens with zero attached hydrogens (tertiary/aromatic N) is 1. The van der Waals surface area contributed by atoms with E-state index in [9.17, 15) is 9.90 Å². The molecular formula is C21H18ClNO4S. The van der Waals surface area contributed by atoms with E-state index in [-0.39, 0.29) is 16.6 Å². The van der Waals surface area contributed by atoms with E-state index in [1.165, 1.54) is 6.07 Å². The maximum Gasteiger partial charge on any atom is 0.348 e. The third-order valence-electron chi connectivity index (χ3n) is 4.51. The number of furan rings is 1. The second kappa shape index (κ2) is 7.89. The quantitative estimate of drug-likeness (QED) is 0.633. The summed E-state index contributed by atoms with van der Waals surface area (Å²) in [7, 11) is 0. The van der Waals surface area contributed by atoms with Gasteiger partial charge in [-0.05, 0) is 43.3 Å². The molecule has 2 aromatic heterocycles. The van der Waals surface area contributed by atoms with Gasteiger partial charge in [0.2, 0.25) is 0 Å². The molecule has 0 bridgehead atoms. The highest BCUT2D eigenvalue weighted by Crippen LogP contribution is 2.38. The number of aromatic hydroxyl groups is 1. The maximum atomic E-state index is 12.3. The fourth-order valence-corrected chi connectivity index (χ4v) is 4.37. The number of hydrogen-bond acceptors (Lipinski definition) is 6. The van der Waals surface area contributed by atoms with Crippen LogP contribution < -0.4 is 5.63 Å². The third kappa shape index (κ3) is 3.88. The maximum absolute atomic E-state index is 12.3. The van der Waals surface area contributed by atoms with Crippen LogP contribution in [0.5, 0.6) is 5.75 Å². The minimum atomic E-state index is -0.566. The van der Waals surface area contributed by atoms with Crippen molar-refractivity contribution in [1.82, 2.24) is 0 Å². The molecule has 0 saturated carbocycles. The van der Waals surface area contributed by atoms with Gasteiger partial charge in [-0.3, -0.25) is 4.99 Å². The molecule has 1 aliphatic rings. The number of halogens is 1. The molecule has 5 nitrogen and oxygen atoms in total. The van der Waals surface area contributed by atoms with E-state index < -0.39 is 5.63 Å². The molecular weight excluding hydrogens is 398 g/mol. The first-order chi connectivity index (χ1) is 13.5. The van der Waals surface area contributed by atoms with Gasteiger partial charge in [0.1, 0.15) is 28.6 Å². The standard InChI is InChI=1S/C21H18ClNO4S/c1-12-10-16(24)20(21(25)26-12)15-11-19(28-9-8-23-15)18-7-6-17(27-18)13-2-4-14(22)5-3-13/h2-7,10,19,24H,8-9,11H2,1H3. The van der Waals surface area contributed by atoms with Gasteiger partial charge in [-0.2, -0.15) is 0 Å². The van der Waals surface area contributed by atoms with Crippen molar-refractivity contribution < 1.29 is 13.9 Å². The summed E-state index contributed by atoms with van der Waals surface area (Å²) in [6.45, 7) is 2.19. The molecule has 0 spiro atoms. The van der Waals surface area contributed by atoms with Crippen molar-refractivity contribution in [3.05, 3.63) is 75.0 Å². The Morgan fingerprint density at radius 3 is 2.71 bits per heavy atom. The van der Waals surface area contributed by atoms with Gasteiger partial charge >= 0.3 is 5.63 Å². The molecule has 144 valence electrons. The first kappa shape index (κ1) is 18.9. The summed E-state index contributed by atoms with van der Waals surface area (Å²) in [5.41, 5.74) is 1.07. The van der Waals surface area contributed by atoms with Crippen LogP contribution in [0.2, 0.25) is 5.02 Å². The zero-order valence-corrected chi connectivity index (χ0v) is 16.7. The highest BCUT2D eigenvalue weighted by Gasteiger charge is 2.26. The molecule has 3 heterocycles. The van der Waals surface area contributed by atoms with E-state index in [2.05, 4.69) is 4.99 Å². The second-order valence-corrected chi connectivity index (χ2v) is 8.25. The molecule has 0 aliphatic carbocycles. The summed E-state index contributed by atoms with van der Waals surface area (Å²) in [5, 5.41) is 10.9. The molecule has 1 N–H and O–H groups in total. The lowest BCUT2D eigenvalue weighted by Gasteiger charge is -2.13. The average molecular weight is 416 g/mol. The van der Waals surface area contributed by atoms with Gasteiger partial charge in [-0.15, -0.1) is 11.8 Å². The second-order valence-electron chi connectivity index (χ2n) is 6.51. The van der Waals surface area contributed by atoms with Crippen LogP contribution in [0.4, 0.5) is 0 Å². The predicted octanol–water partition coefficient (Wildman–Crippen LogP) is 5.23. The summed E-state index contributed by atoms with van der Waals surface area (Å²) < 4.78 is 11.2. The highest BCUT2D eigenvalue weighted by atomic mass is 35.5. The minimum absolute atomic E-state index is 0.0117. The van der Waals surface area contributed by atoms with Gasteiger partial charge in [-0.25, -0.2) is 4.79 Å². The fraction of sp³-hybridized carbons (Fsp3) is 0.238. The van der Waals surface area contributed by atoms with Gasteiger partial charge in [0, 0.05) is 35.4 Å². The van der Waals surface area contributed by atoms with Crippen LogP contribution >= 0.6 is 23.4 Å². The van der Waals surface area contributed by atoms with Crippen molar-refractivity contribution in [3.8, 4) is 17.1 Å². The van der Waals surface area contributed by atoms with E-state index >= 15 is 0 Å². The molecule has 0 radical (unpaired) electrons. The summed E-state index contributed by atoms with van der Waals surface area (Å²) in [4.78, 5) is 16.8. The first-order valence-corrected chi connectivity index (χ1v) is 10.3. The summed E-state index contributed by atoms with van der Waals surface area (Å²) in [6.07, 6.45) is 0.472. The van der Waals surface area contributed by atoms with Crippen LogP contribution in [0.1, 0.15) is 28.8 Å². The van der Waals surface area contributed by atoms with Crippen LogP contribution in [0.3, 0.4) is 0 Å². The van der Waals surface area contributed by atoms with Gasteiger partial charge in [0.25, 0.3) is 0 Å². The highest BCUT2D eigenvalue weighted by molar-refractivity contribution is 7.99. The number of benzene rings is 1. The molecule has 0 amide bonds. The van der Waals surface area contributed by atoms with Crippen molar-refractivity contribution in [1.29, 1.82) is 0 Å². The van der Waals surface area contributed by atoms with E-state index in [0.717, 1.165) is 22.8 Å². The van der Waals surface area contributed by atoms with E-state index in [1.54, 1.807) is 18.7 Å². The molecule has 1 atom stereocenters. The van der Waals surface area contributed by atoms with Crippen LogP contribution in [-0.2, 0) is 0 Å². The number of aliphatic imine (C=N–C) groups is 1. The summed E-state index contributed by atoms with van der Waals surface area (Å²) in [6, 6.07) is 12.8. The van der Waals surface area contributed by atoms with Gasteiger partial charge in [0.15, 0.2) is 0 Å². The smallest absolute Gasteiger partial charge is 0.348 e. The van der Waals surface area contributed by atoms with Crippen LogP contribution in [0.15, 0.2) is 61.1 Å².